The van der Waals surface area contributed by atoms with Crippen molar-refractivity contribution >= 4 is 32.3 Å². The second kappa shape index (κ2) is 13.4. The molecule has 0 radical (unpaired) electrons. The Morgan fingerprint density at radius 2 is 0.574 bits per heavy atom. The molecule has 1 heterocycles. The van der Waals surface area contributed by atoms with E-state index < -0.39 is 0 Å². The third-order valence-electron chi connectivity index (χ3n) is 10.3. The van der Waals surface area contributed by atoms with Crippen LogP contribution in [-0.2, 0) is 0 Å². The van der Waals surface area contributed by atoms with Crippen molar-refractivity contribution in [1.82, 2.24) is 15.0 Å². The number of nitrogens with zero attached hydrogens (tertiary/aromatic N) is 3. The molecule has 0 aliphatic carbocycles. The maximum atomic E-state index is 5.10. The summed E-state index contributed by atoms with van der Waals surface area (Å²) in [6.45, 7) is 0. The van der Waals surface area contributed by atoms with Crippen LogP contribution in [0.5, 0.6) is 0 Å². The molecule has 3 nitrogen and oxygen atoms in total. The largest absolute Gasteiger partial charge is 0.208 e. The zero-order valence-corrected chi connectivity index (χ0v) is 29.4. The lowest BCUT2D eigenvalue weighted by molar-refractivity contribution is 1.08. The summed E-state index contributed by atoms with van der Waals surface area (Å²) in [7, 11) is 0. The van der Waals surface area contributed by atoms with Crippen molar-refractivity contribution in [2.75, 3.05) is 0 Å². The van der Waals surface area contributed by atoms with Crippen LogP contribution in [0.15, 0.2) is 200 Å². The van der Waals surface area contributed by atoms with E-state index in [0.717, 1.165) is 33.0 Å². The van der Waals surface area contributed by atoms with E-state index in [2.05, 4.69) is 170 Å². The lowest BCUT2D eigenvalue weighted by atomic mass is 9.85. The average molecular weight is 688 g/mol. The predicted molar refractivity (Wildman–Crippen MR) is 225 cm³/mol. The Hall–Kier alpha value is -7.23. The normalized spacial score (nSPS) is 11.3. The standard InChI is InChI=1S/C51H33N3/c1-3-14-34(15-4-1)35-26-28-37(29-27-35)47-42-21-9-11-23-44(42)48(45-24-12-10-22-43(45)47)38-30-32-40(33-31-38)50-52-49(39-17-5-2-6-18-39)53-51(54-50)46-25-13-19-36-16-7-8-20-41(36)46/h1-33H. The van der Waals surface area contributed by atoms with Crippen molar-refractivity contribution in [3.8, 4) is 67.5 Å². The molecule has 0 saturated heterocycles. The van der Waals surface area contributed by atoms with Gasteiger partial charge in [-0.25, -0.2) is 15.0 Å². The third-order valence-corrected chi connectivity index (χ3v) is 10.3. The number of rotatable bonds is 6. The van der Waals surface area contributed by atoms with E-state index in [1.54, 1.807) is 0 Å². The first-order chi connectivity index (χ1) is 26.8. The van der Waals surface area contributed by atoms with Crippen molar-refractivity contribution in [1.29, 1.82) is 0 Å². The van der Waals surface area contributed by atoms with E-state index in [-0.39, 0.29) is 0 Å². The van der Waals surface area contributed by atoms with E-state index in [9.17, 15) is 0 Å². The molecule has 0 unspecified atom stereocenters. The summed E-state index contributed by atoms with van der Waals surface area (Å²) < 4.78 is 0. The number of fused-ring (bicyclic) bond motifs is 3. The lowest BCUT2D eigenvalue weighted by Gasteiger charge is -2.18. The first-order valence-corrected chi connectivity index (χ1v) is 18.3. The van der Waals surface area contributed by atoms with E-state index in [1.807, 2.05) is 30.3 Å². The van der Waals surface area contributed by atoms with Gasteiger partial charge in [0.1, 0.15) is 0 Å². The molecule has 0 amide bonds. The molecule has 3 heteroatoms. The van der Waals surface area contributed by atoms with Crippen LogP contribution in [0.2, 0.25) is 0 Å². The summed E-state index contributed by atoms with van der Waals surface area (Å²) in [5, 5.41) is 7.16. The molecule has 0 fully saturated rings. The molecule has 0 N–H and O–H groups in total. The van der Waals surface area contributed by atoms with Gasteiger partial charge in [-0.2, -0.15) is 0 Å². The summed E-state index contributed by atoms with van der Waals surface area (Å²) in [5.74, 6) is 1.95. The predicted octanol–water partition coefficient (Wildman–Crippen LogP) is 13.3. The summed E-state index contributed by atoms with van der Waals surface area (Å²) in [4.78, 5) is 15.1. The molecule has 0 atom stereocenters. The average Bonchev–Trinajstić information content (AvgIpc) is 3.26. The summed E-state index contributed by atoms with van der Waals surface area (Å²) in [6.07, 6.45) is 0. The third kappa shape index (κ3) is 5.60. The van der Waals surface area contributed by atoms with Crippen LogP contribution in [0.1, 0.15) is 0 Å². The van der Waals surface area contributed by atoms with Gasteiger partial charge in [-0.15, -0.1) is 0 Å². The van der Waals surface area contributed by atoms with Crippen molar-refractivity contribution in [2.24, 2.45) is 0 Å². The monoisotopic (exact) mass is 687 g/mol. The van der Waals surface area contributed by atoms with E-state index in [1.165, 1.54) is 49.4 Å². The molecule has 1 aromatic heterocycles. The van der Waals surface area contributed by atoms with Crippen molar-refractivity contribution < 1.29 is 0 Å². The maximum Gasteiger partial charge on any atom is 0.164 e. The van der Waals surface area contributed by atoms with Crippen molar-refractivity contribution in [3.63, 3.8) is 0 Å². The molecule has 10 rings (SSSR count). The van der Waals surface area contributed by atoms with Crippen LogP contribution in [-0.4, -0.2) is 15.0 Å². The molecule has 10 aromatic rings. The van der Waals surface area contributed by atoms with Gasteiger partial charge >= 0.3 is 0 Å². The molecular weight excluding hydrogens is 655 g/mol. The van der Waals surface area contributed by atoms with Gasteiger partial charge in [-0.1, -0.05) is 200 Å². The van der Waals surface area contributed by atoms with Crippen LogP contribution < -0.4 is 0 Å². The van der Waals surface area contributed by atoms with Gasteiger partial charge in [0, 0.05) is 16.7 Å². The maximum absolute atomic E-state index is 5.10. The lowest BCUT2D eigenvalue weighted by Crippen LogP contribution is -2.00. The minimum atomic E-state index is 0.641. The van der Waals surface area contributed by atoms with Crippen molar-refractivity contribution in [2.45, 2.75) is 0 Å². The number of benzene rings is 9. The molecule has 0 spiro atoms. The first-order valence-electron chi connectivity index (χ1n) is 18.3. The van der Waals surface area contributed by atoms with Crippen LogP contribution in [0.3, 0.4) is 0 Å². The smallest absolute Gasteiger partial charge is 0.164 e. The van der Waals surface area contributed by atoms with Crippen LogP contribution in [0.4, 0.5) is 0 Å². The Labute approximate surface area is 313 Å². The van der Waals surface area contributed by atoms with Gasteiger partial charge < -0.3 is 0 Å². The van der Waals surface area contributed by atoms with Gasteiger partial charge in [0.05, 0.1) is 0 Å². The number of hydrogen-bond donors (Lipinski definition) is 0. The van der Waals surface area contributed by atoms with Gasteiger partial charge in [0.15, 0.2) is 17.5 Å². The van der Waals surface area contributed by atoms with Crippen molar-refractivity contribution in [3.05, 3.63) is 200 Å². The molecule has 252 valence electrons. The van der Waals surface area contributed by atoms with E-state index >= 15 is 0 Å². The first kappa shape index (κ1) is 31.5. The van der Waals surface area contributed by atoms with Gasteiger partial charge in [0.2, 0.25) is 0 Å². The zero-order valence-electron chi connectivity index (χ0n) is 29.4. The fraction of sp³-hybridized carbons (Fsp3) is 0. The van der Waals surface area contributed by atoms with E-state index in [4.69, 9.17) is 15.0 Å². The van der Waals surface area contributed by atoms with Gasteiger partial charge in [0.25, 0.3) is 0 Å². The highest BCUT2D eigenvalue weighted by Gasteiger charge is 2.18. The molecule has 9 aromatic carbocycles. The molecule has 0 saturated carbocycles. The summed E-state index contributed by atoms with van der Waals surface area (Å²) >= 11 is 0. The Morgan fingerprint density at radius 1 is 0.222 bits per heavy atom. The topological polar surface area (TPSA) is 38.7 Å². The fourth-order valence-electron chi connectivity index (χ4n) is 7.76. The fourth-order valence-corrected chi connectivity index (χ4v) is 7.76. The Bertz CT molecular complexity index is 2890. The highest BCUT2D eigenvalue weighted by atomic mass is 15.0. The van der Waals surface area contributed by atoms with Gasteiger partial charge in [-0.3, -0.25) is 0 Å². The van der Waals surface area contributed by atoms with E-state index in [0.29, 0.717) is 17.5 Å². The summed E-state index contributed by atoms with van der Waals surface area (Å²) in [6, 6.07) is 70.6. The minimum Gasteiger partial charge on any atom is -0.208 e. The quantitative estimate of drug-likeness (QED) is 0.163. The van der Waals surface area contributed by atoms with Crippen LogP contribution >= 0.6 is 0 Å². The Kier molecular flexibility index (Phi) is 7.81. The molecule has 0 aliphatic heterocycles. The summed E-state index contributed by atoms with van der Waals surface area (Å²) in [5.41, 5.74) is 10.1. The second-order valence-corrected chi connectivity index (χ2v) is 13.6. The molecular formula is C51H33N3. The number of hydrogen-bond acceptors (Lipinski definition) is 3. The number of aromatic nitrogens is 3. The highest BCUT2D eigenvalue weighted by Crippen LogP contribution is 2.44. The Morgan fingerprint density at radius 3 is 1.11 bits per heavy atom. The van der Waals surface area contributed by atoms with Crippen LogP contribution in [0.25, 0.3) is 99.9 Å². The van der Waals surface area contributed by atoms with Gasteiger partial charge in [-0.05, 0) is 65.7 Å². The van der Waals surface area contributed by atoms with Crippen LogP contribution in [0, 0.1) is 0 Å². The molecule has 0 aliphatic rings. The second-order valence-electron chi connectivity index (χ2n) is 13.6. The Balaban J connectivity index is 1.11. The zero-order chi connectivity index (χ0) is 35.8. The minimum absolute atomic E-state index is 0.641. The molecule has 0 bridgehead atoms. The SMILES string of the molecule is c1ccc(-c2ccc(-c3c4ccccc4c(-c4ccc(-c5nc(-c6ccccc6)nc(-c6cccc7ccccc67)n5)cc4)c4ccccc34)cc2)cc1. The molecule has 54 heavy (non-hydrogen) atoms. The highest BCUT2D eigenvalue weighted by molar-refractivity contribution is 6.21.